The number of hydrogen-bond donors (Lipinski definition) is 2. The van der Waals surface area contributed by atoms with Crippen LogP contribution in [0.25, 0.3) is 0 Å². The second-order valence-electron chi connectivity index (χ2n) is 4.13. The van der Waals surface area contributed by atoms with Crippen molar-refractivity contribution in [1.82, 2.24) is 10.3 Å². The number of pyridine rings is 1. The number of aromatic nitrogens is 1. The summed E-state index contributed by atoms with van der Waals surface area (Å²) < 4.78 is 0. The number of carbonyl (C=O) groups excluding carboxylic acids is 1. The molecule has 1 unspecified atom stereocenters. The number of aryl methyl sites for hydroxylation is 1. The second kappa shape index (κ2) is 6.35. The highest BCUT2D eigenvalue weighted by molar-refractivity contribution is 6.29. The van der Waals surface area contributed by atoms with Gasteiger partial charge < -0.3 is 10.4 Å². The largest absolute Gasteiger partial charge is 0.481 e. The van der Waals surface area contributed by atoms with Crippen molar-refractivity contribution in [3.8, 4) is 0 Å². The Balaban J connectivity index is 2.61. The highest BCUT2D eigenvalue weighted by atomic mass is 35.5. The summed E-state index contributed by atoms with van der Waals surface area (Å²) in [7, 11) is 0. The number of aliphatic carboxylic acids is 1. The second-order valence-corrected chi connectivity index (χ2v) is 4.51. The van der Waals surface area contributed by atoms with Gasteiger partial charge in [0, 0.05) is 23.7 Å². The van der Waals surface area contributed by atoms with Gasteiger partial charge >= 0.3 is 5.97 Å². The standard InChI is InChI=1S/C12H15ClN2O3/c1-7(3-4-11(16)17)15-12(18)9-5-8(2)14-10(13)6-9/h5-7H,3-4H2,1-2H3,(H,15,18)(H,16,17). The number of nitrogens with one attached hydrogen (secondary N) is 1. The van der Waals surface area contributed by atoms with Crippen LogP contribution in [0, 0.1) is 6.92 Å². The van der Waals surface area contributed by atoms with Crippen LogP contribution in [-0.2, 0) is 4.79 Å². The third kappa shape index (κ3) is 4.71. The molecular weight excluding hydrogens is 256 g/mol. The van der Waals surface area contributed by atoms with Gasteiger partial charge in [-0.1, -0.05) is 11.6 Å². The smallest absolute Gasteiger partial charge is 0.303 e. The quantitative estimate of drug-likeness (QED) is 0.803. The fourth-order valence-electron chi connectivity index (χ4n) is 1.48. The molecular formula is C12H15ClN2O3. The first-order valence-electron chi connectivity index (χ1n) is 5.55. The van der Waals surface area contributed by atoms with E-state index in [1.54, 1.807) is 19.9 Å². The van der Waals surface area contributed by atoms with Gasteiger partial charge in [-0.2, -0.15) is 0 Å². The molecule has 0 aliphatic heterocycles. The molecule has 1 amide bonds. The summed E-state index contributed by atoms with van der Waals surface area (Å²) in [4.78, 5) is 26.2. The van der Waals surface area contributed by atoms with Crippen LogP contribution in [-0.4, -0.2) is 28.0 Å². The lowest BCUT2D eigenvalue weighted by Gasteiger charge is -2.13. The van der Waals surface area contributed by atoms with Gasteiger partial charge in [0.25, 0.3) is 5.91 Å². The lowest BCUT2D eigenvalue weighted by Crippen LogP contribution is -2.33. The molecule has 0 aliphatic carbocycles. The molecule has 1 aromatic rings. The number of carboxylic acid groups (broad SMARTS) is 1. The first kappa shape index (κ1) is 14.4. The van der Waals surface area contributed by atoms with Crippen molar-refractivity contribution in [2.75, 3.05) is 0 Å². The Hall–Kier alpha value is -1.62. The number of halogens is 1. The van der Waals surface area contributed by atoms with Crippen LogP contribution in [0.5, 0.6) is 0 Å². The molecule has 1 aromatic heterocycles. The summed E-state index contributed by atoms with van der Waals surface area (Å²) in [6.45, 7) is 3.51. The number of carbonyl (C=O) groups is 2. The van der Waals surface area contributed by atoms with Crippen molar-refractivity contribution in [3.05, 3.63) is 28.5 Å². The van der Waals surface area contributed by atoms with Crippen LogP contribution in [0.15, 0.2) is 12.1 Å². The summed E-state index contributed by atoms with van der Waals surface area (Å²) in [6.07, 6.45) is 0.413. The first-order chi connectivity index (χ1) is 8.38. The zero-order valence-corrected chi connectivity index (χ0v) is 11.0. The van der Waals surface area contributed by atoms with E-state index < -0.39 is 5.97 Å². The van der Waals surface area contributed by atoms with Crippen LogP contribution in [0.3, 0.4) is 0 Å². The molecule has 1 heterocycles. The van der Waals surface area contributed by atoms with Gasteiger partial charge in [0.05, 0.1) is 0 Å². The van der Waals surface area contributed by atoms with Gasteiger partial charge in [0.15, 0.2) is 0 Å². The Bertz CT molecular complexity index is 442. The van der Waals surface area contributed by atoms with Crippen LogP contribution >= 0.6 is 11.6 Å². The number of rotatable bonds is 5. The van der Waals surface area contributed by atoms with E-state index in [2.05, 4.69) is 10.3 Å². The monoisotopic (exact) mass is 270 g/mol. The summed E-state index contributed by atoms with van der Waals surface area (Å²) in [6, 6.07) is 2.90. The van der Waals surface area contributed by atoms with Crippen molar-refractivity contribution in [2.24, 2.45) is 0 Å². The van der Waals surface area contributed by atoms with E-state index in [0.29, 0.717) is 17.7 Å². The molecule has 0 fully saturated rings. The predicted molar refractivity (Wildman–Crippen MR) is 67.8 cm³/mol. The Morgan fingerprint density at radius 1 is 1.50 bits per heavy atom. The fourth-order valence-corrected chi connectivity index (χ4v) is 1.73. The molecule has 0 aliphatic rings. The van der Waals surface area contributed by atoms with E-state index in [1.807, 2.05) is 0 Å². The molecule has 0 saturated carbocycles. The molecule has 1 atom stereocenters. The molecule has 0 spiro atoms. The zero-order chi connectivity index (χ0) is 13.7. The summed E-state index contributed by atoms with van der Waals surface area (Å²) in [5.41, 5.74) is 1.08. The molecule has 0 aromatic carbocycles. The molecule has 2 N–H and O–H groups in total. The maximum absolute atomic E-state index is 11.9. The predicted octanol–water partition coefficient (Wildman–Crippen LogP) is 2.03. The van der Waals surface area contributed by atoms with Gasteiger partial charge in [-0.3, -0.25) is 9.59 Å². The first-order valence-corrected chi connectivity index (χ1v) is 5.93. The molecule has 1 rings (SSSR count). The van der Waals surface area contributed by atoms with Gasteiger partial charge in [0.2, 0.25) is 0 Å². The highest BCUT2D eigenvalue weighted by Crippen LogP contribution is 2.10. The molecule has 0 radical (unpaired) electrons. The normalized spacial score (nSPS) is 11.9. The van der Waals surface area contributed by atoms with Gasteiger partial charge in [-0.15, -0.1) is 0 Å². The third-order valence-corrected chi connectivity index (χ3v) is 2.55. The lowest BCUT2D eigenvalue weighted by atomic mass is 10.1. The average molecular weight is 271 g/mol. The Morgan fingerprint density at radius 2 is 2.17 bits per heavy atom. The van der Waals surface area contributed by atoms with Crippen molar-refractivity contribution in [2.45, 2.75) is 32.7 Å². The minimum Gasteiger partial charge on any atom is -0.481 e. The fraction of sp³-hybridized carbons (Fsp3) is 0.417. The zero-order valence-electron chi connectivity index (χ0n) is 10.2. The molecule has 5 nitrogen and oxygen atoms in total. The minimum atomic E-state index is -0.876. The number of amides is 1. The van der Waals surface area contributed by atoms with Crippen molar-refractivity contribution >= 4 is 23.5 Å². The SMILES string of the molecule is Cc1cc(C(=O)NC(C)CCC(=O)O)cc(Cl)n1. The third-order valence-electron chi connectivity index (χ3n) is 2.35. The lowest BCUT2D eigenvalue weighted by molar-refractivity contribution is -0.137. The Morgan fingerprint density at radius 3 is 2.72 bits per heavy atom. The van der Waals surface area contributed by atoms with Crippen molar-refractivity contribution in [1.29, 1.82) is 0 Å². The summed E-state index contributed by atoms with van der Waals surface area (Å²) >= 11 is 5.76. The maximum Gasteiger partial charge on any atom is 0.303 e. The Labute approximate surface area is 110 Å². The topological polar surface area (TPSA) is 79.3 Å². The van der Waals surface area contributed by atoms with E-state index in [4.69, 9.17) is 16.7 Å². The van der Waals surface area contributed by atoms with E-state index in [1.165, 1.54) is 6.07 Å². The van der Waals surface area contributed by atoms with Crippen LogP contribution in [0.4, 0.5) is 0 Å². The molecule has 0 bridgehead atoms. The van der Waals surface area contributed by atoms with Crippen LogP contribution in [0.1, 0.15) is 35.8 Å². The molecule has 98 valence electrons. The molecule has 18 heavy (non-hydrogen) atoms. The Kier molecular flexibility index (Phi) is 5.09. The summed E-state index contributed by atoms with van der Waals surface area (Å²) in [5, 5.41) is 11.5. The van der Waals surface area contributed by atoms with E-state index in [-0.39, 0.29) is 23.5 Å². The summed E-state index contributed by atoms with van der Waals surface area (Å²) in [5.74, 6) is -1.15. The van der Waals surface area contributed by atoms with E-state index >= 15 is 0 Å². The van der Waals surface area contributed by atoms with Crippen molar-refractivity contribution in [3.63, 3.8) is 0 Å². The highest BCUT2D eigenvalue weighted by Gasteiger charge is 2.12. The maximum atomic E-state index is 11.9. The number of carboxylic acids is 1. The minimum absolute atomic E-state index is 0.0254. The molecule has 0 saturated heterocycles. The van der Waals surface area contributed by atoms with Gasteiger partial charge in [-0.25, -0.2) is 4.98 Å². The van der Waals surface area contributed by atoms with Crippen LogP contribution < -0.4 is 5.32 Å². The van der Waals surface area contributed by atoms with E-state index in [9.17, 15) is 9.59 Å². The molecule has 6 heteroatoms. The van der Waals surface area contributed by atoms with Crippen molar-refractivity contribution < 1.29 is 14.7 Å². The number of nitrogens with zero attached hydrogens (tertiary/aromatic N) is 1. The van der Waals surface area contributed by atoms with Gasteiger partial charge in [-0.05, 0) is 32.4 Å². The number of hydrogen-bond acceptors (Lipinski definition) is 3. The average Bonchev–Trinajstić information content (AvgIpc) is 2.25. The van der Waals surface area contributed by atoms with Crippen LogP contribution in [0.2, 0.25) is 5.15 Å². The van der Waals surface area contributed by atoms with Gasteiger partial charge in [0.1, 0.15) is 5.15 Å². The van der Waals surface area contributed by atoms with E-state index in [0.717, 1.165) is 0 Å².